The maximum absolute atomic E-state index is 9.46. The zero-order chi connectivity index (χ0) is 19.9. The first-order valence-electron chi connectivity index (χ1n) is 8.86. The van der Waals surface area contributed by atoms with Gasteiger partial charge in [0.1, 0.15) is 36.9 Å². The molecular weight excluding hydrogens is 368 g/mol. The van der Waals surface area contributed by atoms with Crippen LogP contribution in [0.25, 0.3) is 0 Å². The van der Waals surface area contributed by atoms with Crippen molar-refractivity contribution in [2.45, 2.75) is 31.5 Å². The SMILES string of the molecule is CC(C)(c1ccc(OC[C@H](O)CCl)cc1)c1ccc(OC[C@@H](O)CO)cc1. The summed E-state index contributed by atoms with van der Waals surface area (Å²) in [6, 6.07) is 15.5. The molecule has 6 heteroatoms. The van der Waals surface area contributed by atoms with Gasteiger partial charge in [0.15, 0.2) is 0 Å². The highest BCUT2D eigenvalue weighted by atomic mass is 35.5. The highest BCUT2D eigenvalue weighted by molar-refractivity contribution is 6.18. The van der Waals surface area contributed by atoms with E-state index in [-0.39, 0.29) is 31.1 Å². The van der Waals surface area contributed by atoms with E-state index in [0.717, 1.165) is 11.1 Å². The van der Waals surface area contributed by atoms with E-state index < -0.39 is 12.2 Å². The van der Waals surface area contributed by atoms with Crippen molar-refractivity contribution in [3.63, 3.8) is 0 Å². The lowest BCUT2D eigenvalue weighted by molar-refractivity contribution is 0.0536. The fourth-order valence-corrected chi connectivity index (χ4v) is 2.67. The average molecular weight is 395 g/mol. The Morgan fingerprint density at radius 1 is 0.815 bits per heavy atom. The smallest absolute Gasteiger partial charge is 0.119 e. The van der Waals surface area contributed by atoms with E-state index >= 15 is 0 Å². The minimum atomic E-state index is -0.882. The Bertz CT molecular complexity index is 625. The van der Waals surface area contributed by atoms with Crippen molar-refractivity contribution in [1.82, 2.24) is 0 Å². The van der Waals surface area contributed by atoms with Gasteiger partial charge in [-0.2, -0.15) is 0 Å². The molecule has 0 unspecified atom stereocenters. The van der Waals surface area contributed by atoms with Gasteiger partial charge in [0, 0.05) is 5.41 Å². The van der Waals surface area contributed by atoms with Gasteiger partial charge in [-0.05, 0) is 35.4 Å². The Kier molecular flexibility index (Phi) is 7.92. The minimum Gasteiger partial charge on any atom is -0.491 e. The molecule has 0 aromatic heterocycles. The monoisotopic (exact) mass is 394 g/mol. The second-order valence-corrected chi connectivity index (χ2v) is 7.25. The quantitative estimate of drug-likeness (QED) is 0.540. The molecule has 2 rings (SSSR count). The van der Waals surface area contributed by atoms with Crippen molar-refractivity contribution in [3.05, 3.63) is 59.7 Å². The summed E-state index contributed by atoms with van der Waals surface area (Å²) in [7, 11) is 0. The zero-order valence-corrected chi connectivity index (χ0v) is 16.4. The lowest BCUT2D eigenvalue weighted by Gasteiger charge is -2.26. The minimum absolute atomic E-state index is 0.0547. The van der Waals surface area contributed by atoms with Crippen LogP contribution < -0.4 is 9.47 Å². The molecule has 5 nitrogen and oxygen atoms in total. The zero-order valence-electron chi connectivity index (χ0n) is 15.6. The van der Waals surface area contributed by atoms with Gasteiger partial charge in [-0.15, -0.1) is 11.6 Å². The van der Waals surface area contributed by atoms with Gasteiger partial charge in [-0.25, -0.2) is 0 Å². The molecule has 0 aliphatic carbocycles. The third kappa shape index (κ3) is 6.11. The Balaban J connectivity index is 2.04. The number of aliphatic hydroxyl groups excluding tert-OH is 3. The Morgan fingerprint density at radius 3 is 1.59 bits per heavy atom. The summed E-state index contributed by atoms with van der Waals surface area (Å²) in [6.45, 7) is 4.16. The van der Waals surface area contributed by atoms with Gasteiger partial charge in [-0.1, -0.05) is 38.1 Å². The van der Waals surface area contributed by atoms with E-state index in [1.54, 1.807) is 0 Å². The number of rotatable bonds is 10. The fraction of sp³-hybridized carbons (Fsp3) is 0.429. The first-order chi connectivity index (χ1) is 12.9. The summed E-state index contributed by atoms with van der Waals surface area (Å²) in [4.78, 5) is 0. The first-order valence-corrected chi connectivity index (χ1v) is 9.40. The van der Waals surface area contributed by atoms with Crippen LogP contribution >= 0.6 is 11.6 Å². The third-order valence-corrected chi connectivity index (χ3v) is 4.78. The Hall–Kier alpha value is -1.79. The molecule has 27 heavy (non-hydrogen) atoms. The first kappa shape index (κ1) is 21.5. The molecule has 0 fully saturated rings. The number of ether oxygens (including phenoxy) is 2. The molecular formula is C21H27ClO5. The third-order valence-electron chi connectivity index (χ3n) is 4.43. The van der Waals surface area contributed by atoms with E-state index in [0.29, 0.717) is 11.5 Å². The number of hydrogen-bond donors (Lipinski definition) is 3. The molecule has 0 aliphatic heterocycles. The van der Waals surface area contributed by atoms with Crippen molar-refractivity contribution in [3.8, 4) is 11.5 Å². The lowest BCUT2D eigenvalue weighted by Crippen LogP contribution is -2.21. The highest BCUT2D eigenvalue weighted by Gasteiger charge is 2.23. The number of hydrogen-bond acceptors (Lipinski definition) is 5. The van der Waals surface area contributed by atoms with Crippen molar-refractivity contribution in [2.75, 3.05) is 25.7 Å². The van der Waals surface area contributed by atoms with Crippen LogP contribution in [-0.2, 0) is 5.41 Å². The van der Waals surface area contributed by atoms with E-state index in [9.17, 15) is 10.2 Å². The number of halogens is 1. The average Bonchev–Trinajstić information content (AvgIpc) is 2.70. The van der Waals surface area contributed by atoms with Crippen molar-refractivity contribution in [2.24, 2.45) is 0 Å². The van der Waals surface area contributed by atoms with Gasteiger partial charge in [0.2, 0.25) is 0 Å². The summed E-state index contributed by atoms with van der Waals surface area (Å²) in [5.41, 5.74) is 2.01. The highest BCUT2D eigenvalue weighted by Crippen LogP contribution is 2.33. The van der Waals surface area contributed by atoms with Gasteiger partial charge in [0.25, 0.3) is 0 Å². The topological polar surface area (TPSA) is 79.2 Å². The van der Waals surface area contributed by atoms with Crippen LogP contribution in [-0.4, -0.2) is 53.2 Å². The van der Waals surface area contributed by atoms with E-state index in [1.807, 2.05) is 48.5 Å². The number of benzene rings is 2. The summed E-state index contributed by atoms with van der Waals surface area (Å²) in [5.74, 6) is 1.47. The van der Waals surface area contributed by atoms with Crippen molar-refractivity contribution in [1.29, 1.82) is 0 Å². The number of aliphatic hydroxyl groups is 3. The molecule has 0 saturated heterocycles. The molecule has 2 aromatic carbocycles. The van der Waals surface area contributed by atoms with E-state index in [4.69, 9.17) is 26.2 Å². The van der Waals surface area contributed by atoms with Crippen LogP contribution in [0.3, 0.4) is 0 Å². The molecule has 0 amide bonds. The van der Waals surface area contributed by atoms with Gasteiger partial charge >= 0.3 is 0 Å². The molecule has 2 atom stereocenters. The van der Waals surface area contributed by atoms with Gasteiger partial charge in [-0.3, -0.25) is 0 Å². The largest absolute Gasteiger partial charge is 0.491 e. The lowest BCUT2D eigenvalue weighted by atomic mass is 9.78. The standard InChI is InChI=1S/C21H27ClO5/c1-21(2,15-3-7-19(8-4-15)26-13-17(24)11-22)16-5-9-20(10-6-16)27-14-18(25)12-23/h3-10,17-18,23-25H,11-14H2,1-2H3/t17-,18+/m1/s1. The summed E-state index contributed by atoms with van der Waals surface area (Å²) in [6.07, 6.45) is -1.56. The van der Waals surface area contributed by atoms with Crippen LogP contribution in [0.4, 0.5) is 0 Å². The second-order valence-electron chi connectivity index (χ2n) is 6.94. The Labute approximate surface area is 165 Å². The van der Waals surface area contributed by atoms with Crippen LogP contribution in [0.5, 0.6) is 11.5 Å². The van der Waals surface area contributed by atoms with Crippen molar-refractivity contribution >= 4 is 11.6 Å². The molecule has 0 bridgehead atoms. The second kappa shape index (κ2) is 9.95. The maximum Gasteiger partial charge on any atom is 0.119 e. The maximum atomic E-state index is 9.46. The molecule has 0 radical (unpaired) electrons. The van der Waals surface area contributed by atoms with Crippen LogP contribution in [0, 0.1) is 0 Å². The van der Waals surface area contributed by atoms with E-state index in [1.165, 1.54) is 0 Å². The molecule has 0 aliphatic rings. The molecule has 0 spiro atoms. The summed E-state index contributed by atoms with van der Waals surface area (Å²) in [5, 5.41) is 27.6. The summed E-state index contributed by atoms with van der Waals surface area (Å²) >= 11 is 5.56. The predicted molar refractivity (Wildman–Crippen MR) is 106 cm³/mol. The molecule has 3 N–H and O–H groups in total. The van der Waals surface area contributed by atoms with Gasteiger partial charge in [0.05, 0.1) is 12.5 Å². The number of alkyl halides is 1. The molecule has 0 saturated carbocycles. The van der Waals surface area contributed by atoms with Gasteiger partial charge < -0.3 is 24.8 Å². The van der Waals surface area contributed by atoms with Crippen molar-refractivity contribution < 1.29 is 24.8 Å². The molecule has 2 aromatic rings. The van der Waals surface area contributed by atoms with Crippen LogP contribution in [0.2, 0.25) is 0 Å². The molecule has 148 valence electrons. The molecule has 0 heterocycles. The fourth-order valence-electron chi connectivity index (χ4n) is 2.58. The van der Waals surface area contributed by atoms with Crippen LogP contribution in [0.1, 0.15) is 25.0 Å². The van der Waals surface area contributed by atoms with E-state index in [2.05, 4.69) is 13.8 Å². The predicted octanol–water partition coefficient (Wildman–Crippen LogP) is 2.72. The van der Waals surface area contributed by atoms with Crippen LogP contribution in [0.15, 0.2) is 48.5 Å². The Morgan fingerprint density at radius 2 is 1.22 bits per heavy atom. The summed E-state index contributed by atoms with van der Waals surface area (Å²) < 4.78 is 11.0. The normalized spacial score (nSPS) is 13.9.